The Kier molecular flexibility index (Phi) is 5.85. The van der Waals surface area contributed by atoms with E-state index in [1.165, 1.54) is 7.11 Å². The normalized spacial score (nSPS) is 17.0. The zero-order valence-corrected chi connectivity index (χ0v) is 17.9. The number of nitrogens with one attached hydrogen (secondary N) is 1. The van der Waals surface area contributed by atoms with Gasteiger partial charge in [0, 0.05) is 49.9 Å². The van der Waals surface area contributed by atoms with Crippen molar-refractivity contribution >= 4 is 28.5 Å². The molecule has 9 nitrogen and oxygen atoms in total. The highest BCUT2D eigenvalue weighted by Crippen LogP contribution is 2.24. The van der Waals surface area contributed by atoms with Gasteiger partial charge in [-0.1, -0.05) is 18.2 Å². The van der Waals surface area contributed by atoms with Crippen molar-refractivity contribution in [2.75, 3.05) is 39.1 Å². The van der Waals surface area contributed by atoms with Crippen LogP contribution < -0.4 is 10.1 Å². The third kappa shape index (κ3) is 4.22. The Hall–Kier alpha value is -3.46. The molecule has 0 unspecified atom stereocenters. The van der Waals surface area contributed by atoms with Gasteiger partial charge in [-0.25, -0.2) is 4.98 Å². The number of piperazine rings is 1. The first-order chi connectivity index (χ1) is 15.0. The van der Waals surface area contributed by atoms with Gasteiger partial charge in [-0.05, 0) is 20.0 Å². The number of hydrogen-bond donors (Lipinski definition) is 1. The molecule has 162 valence electrons. The number of carbonyl (C=O) groups is 2. The van der Waals surface area contributed by atoms with Crippen LogP contribution in [0.3, 0.4) is 0 Å². The summed E-state index contributed by atoms with van der Waals surface area (Å²) in [6.07, 6.45) is 1.82. The SMILES string of the molecule is CCn1ccc(NC(=O)[C@H]2CN(C(=O)c3cc(OC)nc4ccccc34)CCN2C)n1. The van der Waals surface area contributed by atoms with Gasteiger partial charge in [-0.3, -0.25) is 19.2 Å². The summed E-state index contributed by atoms with van der Waals surface area (Å²) in [7, 11) is 3.42. The molecule has 31 heavy (non-hydrogen) atoms. The van der Waals surface area contributed by atoms with Crippen LogP contribution in [-0.4, -0.2) is 76.2 Å². The van der Waals surface area contributed by atoms with Gasteiger partial charge in [-0.2, -0.15) is 5.10 Å². The molecule has 1 saturated heterocycles. The van der Waals surface area contributed by atoms with E-state index in [1.54, 1.807) is 21.7 Å². The molecule has 0 saturated carbocycles. The van der Waals surface area contributed by atoms with Crippen LogP contribution in [0.5, 0.6) is 5.88 Å². The lowest BCUT2D eigenvalue weighted by Crippen LogP contribution is -2.57. The lowest BCUT2D eigenvalue weighted by Gasteiger charge is -2.38. The number of aromatic nitrogens is 3. The molecular formula is C22H26N6O3. The van der Waals surface area contributed by atoms with Crippen molar-refractivity contribution < 1.29 is 14.3 Å². The number of methoxy groups -OCH3 is 1. The fourth-order valence-corrected chi connectivity index (χ4v) is 3.76. The second-order valence-electron chi connectivity index (χ2n) is 7.52. The Balaban J connectivity index is 1.56. The van der Waals surface area contributed by atoms with Crippen molar-refractivity contribution in [2.24, 2.45) is 0 Å². The number of fused-ring (bicyclic) bond motifs is 1. The fourth-order valence-electron chi connectivity index (χ4n) is 3.76. The van der Waals surface area contributed by atoms with Crippen LogP contribution in [0.25, 0.3) is 10.9 Å². The fraction of sp³-hybridized carbons (Fsp3) is 0.364. The highest BCUT2D eigenvalue weighted by atomic mass is 16.5. The number of anilines is 1. The van der Waals surface area contributed by atoms with E-state index in [1.807, 2.05) is 49.3 Å². The lowest BCUT2D eigenvalue weighted by atomic mass is 10.1. The van der Waals surface area contributed by atoms with Gasteiger partial charge in [0.05, 0.1) is 18.2 Å². The van der Waals surface area contributed by atoms with Gasteiger partial charge in [0.2, 0.25) is 11.8 Å². The van der Waals surface area contributed by atoms with Crippen LogP contribution in [0.2, 0.25) is 0 Å². The summed E-state index contributed by atoms with van der Waals surface area (Å²) in [5.41, 5.74) is 1.22. The quantitative estimate of drug-likeness (QED) is 0.675. The number of hydrogen-bond acceptors (Lipinski definition) is 6. The van der Waals surface area contributed by atoms with E-state index >= 15 is 0 Å². The van der Waals surface area contributed by atoms with Crippen LogP contribution in [0.4, 0.5) is 5.82 Å². The van der Waals surface area contributed by atoms with Gasteiger partial charge >= 0.3 is 0 Å². The van der Waals surface area contributed by atoms with E-state index < -0.39 is 6.04 Å². The highest BCUT2D eigenvalue weighted by molar-refractivity contribution is 6.07. The standard InChI is InChI=1S/C22H26N6O3/c1-4-28-10-9-19(25-28)24-21(29)18-14-27(12-11-26(18)2)22(30)16-13-20(31-3)23-17-8-6-5-7-15(16)17/h5-10,13,18H,4,11-12,14H2,1-3H3,(H,24,25,29)/t18-/m1/s1. The number of aryl methyl sites for hydroxylation is 1. The average molecular weight is 422 g/mol. The molecule has 1 aliphatic rings. The van der Waals surface area contributed by atoms with Crippen molar-refractivity contribution in [1.82, 2.24) is 24.6 Å². The first-order valence-corrected chi connectivity index (χ1v) is 10.3. The molecular weight excluding hydrogens is 396 g/mol. The maximum Gasteiger partial charge on any atom is 0.254 e. The molecule has 0 spiro atoms. The Morgan fingerprint density at radius 1 is 1.23 bits per heavy atom. The topological polar surface area (TPSA) is 92.6 Å². The number of amides is 2. The minimum atomic E-state index is -0.473. The summed E-state index contributed by atoms with van der Waals surface area (Å²) in [6, 6.07) is 10.4. The molecule has 1 fully saturated rings. The third-order valence-corrected chi connectivity index (χ3v) is 5.59. The van der Waals surface area contributed by atoms with Gasteiger partial charge in [0.25, 0.3) is 5.91 Å². The number of likely N-dealkylation sites (N-methyl/N-ethyl adjacent to an activating group) is 1. The minimum Gasteiger partial charge on any atom is -0.481 e. The molecule has 1 atom stereocenters. The van der Waals surface area contributed by atoms with Crippen molar-refractivity contribution in [3.8, 4) is 5.88 Å². The zero-order chi connectivity index (χ0) is 22.0. The summed E-state index contributed by atoms with van der Waals surface area (Å²) in [5.74, 6) is 0.571. The number of para-hydroxylation sites is 1. The molecule has 3 aromatic rings. The second kappa shape index (κ2) is 8.73. The van der Waals surface area contributed by atoms with E-state index in [2.05, 4.69) is 15.4 Å². The van der Waals surface area contributed by atoms with Gasteiger partial charge in [0.15, 0.2) is 5.82 Å². The Morgan fingerprint density at radius 3 is 2.77 bits per heavy atom. The summed E-state index contributed by atoms with van der Waals surface area (Å²) >= 11 is 0. The first-order valence-electron chi connectivity index (χ1n) is 10.3. The van der Waals surface area contributed by atoms with Crippen molar-refractivity contribution in [3.63, 3.8) is 0 Å². The van der Waals surface area contributed by atoms with Crippen LogP contribution in [-0.2, 0) is 11.3 Å². The molecule has 1 N–H and O–H groups in total. The number of nitrogens with zero attached hydrogens (tertiary/aromatic N) is 5. The lowest BCUT2D eigenvalue weighted by molar-refractivity contribution is -0.122. The number of pyridine rings is 1. The largest absolute Gasteiger partial charge is 0.481 e. The van der Waals surface area contributed by atoms with Crippen LogP contribution in [0, 0.1) is 0 Å². The average Bonchev–Trinajstić information content (AvgIpc) is 3.25. The van der Waals surface area contributed by atoms with Crippen LogP contribution >= 0.6 is 0 Å². The molecule has 0 aliphatic carbocycles. The molecule has 2 aromatic heterocycles. The van der Waals surface area contributed by atoms with Gasteiger partial charge < -0.3 is 15.0 Å². The third-order valence-electron chi connectivity index (χ3n) is 5.59. The highest BCUT2D eigenvalue weighted by Gasteiger charge is 2.33. The van der Waals surface area contributed by atoms with E-state index in [-0.39, 0.29) is 18.4 Å². The number of ether oxygens (including phenoxy) is 1. The molecule has 1 aliphatic heterocycles. The minimum absolute atomic E-state index is 0.141. The Morgan fingerprint density at radius 2 is 2.03 bits per heavy atom. The summed E-state index contributed by atoms with van der Waals surface area (Å²) in [4.78, 5) is 34.5. The maximum atomic E-state index is 13.4. The van der Waals surface area contributed by atoms with E-state index in [0.717, 1.165) is 11.9 Å². The molecule has 9 heteroatoms. The van der Waals surface area contributed by atoms with Crippen LogP contribution in [0.1, 0.15) is 17.3 Å². The predicted molar refractivity (Wildman–Crippen MR) is 117 cm³/mol. The molecule has 4 rings (SSSR count). The predicted octanol–water partition coefficient (Wildman–Crippen LogP) is 1.85. The molecule has 0 radical (unpaired) electrons. The van der Waals surface area contributed by atoms with E-state index in [0.29, 0.717) is 35.9 Å². The molecule has 1 aromatic carbocycles. The summed E-state index contributed by atoms with van der Waals surface area (Å²) in [5, 5.41) is 7.93. The molecule has 0 bridgehead atoms. The Bertz CT molecular complexity index is 1110. The van der Waals surface area contributed by atoms with Crippen molar-refractivity contribution in [3.05, 3.63) is 48.2 Å². The van der Waals surface area contributed by atoms with Crippen molar-refractivity contribution in [1.29, 1.82) is 0 Å². The molecule has 2 amide bonds. The Labute approximate surface area is 180 Å². The van der Waals surface area contributed by atoms with Gasteiger partial charge in [-0.15, -0.1) is 0 Å². The van der Waals surface area contributed by atoms with E-state index in [9.17, 15) is 9.59 Å². The number of rotatable bonds is 5. The van der Waals surface area contributed by atoms with Crippen molar-refractivity contribution in [2.45, 2.75) is 19.5 Å². The van der Waals surface area contributed by atoms with Crippen LogP contribution in [0.15, 0.2) is 42.6 Å². The summed E-state index contributed by atoms with van der Waals surface area (Å²) in [6.45, 7) is 4.12. The first kappa shape index (κ1) is 20.8. The maximum absolute atomic E-state index is 13.4. The number of carbonyl (C=O) groups excluding carboxylic acids is 2. The zero-order valence-electron chi connectivity index (χ0n) is 17.9. The smallest absolute Gasteiger partial charge is 0.254 e. The summed E-state index contributed by atoms with van der Waals surface area (Å²) < 4.78 is 7.04. The van der Waals surface area contributed by atoms with E-state index in [4.69, 9.17) is 4.74 Å². The van der Waals surface area contributed by atoms with Gasteiger partial charge in [0.1, 0.15) is 6.04 Å². The number of benzene rings is 1. The monoisotopic (exact) mass is 422 g/mol. The molecule has 3 heterocycles. The second-order valence-corrected chi connectivity index (χ2v) is 7.52.